The standard InChI is InChI=1S/C45H34NOP/c1-2-3-17-34-18-13-14-29-44(34)46-45(35-19-7-4-8-20-35)38-30-31-43-36(32-38)22-16-28-42(43)37-21-15-27-41(33-37)48(47,39-23-9-5-10-24-39)40-25-11-6-12-26-40/h2-33H,1H2/b17-3-,46-45?. The van der Waals surface area contributed by atoms with Gasteiger partial charge >= 0.3 is 0 Å². The maximum absolute atomic E-state index is 15.1. The molecule has 0 fully saturated rings. The van der Waals surface area contributed by atoms with Gasteiger partial charge in [-0.05, 0) is 40.1 Å². The Morgan fingerprint density at radius 2 is 1.19 bits per heavy atom. The Kier molecular flexibility index (Phi) is 8.92. The van der Waals surface area contributed by atoms with Crippen molar-refractivity contribution < 1.29 is 4.57 Å². The summed E-state index contributed by atoms with van der Waals surface area (Å²) in [6.45, 7) is 3.83. The number of hydrogen-bond donors (Lipinski definition) is 0. The van der Waals surface area contributed by atoms with E-state index in [4.69, 9.17) is 4.99 Å². The zero-order chi connectivity index (χ0) is 32.8. The molecule has 230 valence electrons. The van der Waals surface area contributed by atoms with Gasteiger partial charge in [-0.25, -0.2) is 4.99 Å². The number of hydrogen-bond acceptors (Lipinski definition) is 2. The van der Waals surface area contributed by atoms with Crippen LogP contribution >= 0.6 is 7.14 Å². The van der Waals surface area contributed by atoms with Crippen molar-refractivity contribution in [2.45, 2.75) is 0 Å². The molecular weight excluding hydrogens is 601 g/mol. The number of fused-ring (bicyclic) bond motifs is 1. The number of aliphatic imine (C=N–C) groups is 1. The van der Waals surface area contributed by atoms with Gasteiger partial charge < -0.3 is 4.57 Å². The largest absolute Gasteiger partial charge is 0.309 e. The predicted octanol–water partition coefficient (Wildman–Crippen LogP) is 10.5. The number of rotatable bonds is 9. The van der Waals surface area contributed by atoms with E-state index in [2.05, 4.69) is 73.3 Å². The number of para-hydroxylation sites is 1. The van der Waals surface area contributed by atoms with Crippen molar-refractivity contribution in [3.05, 3.63) is 211 Å². The third kappa shape index (κ3) is 6.15. The molecule has 0 aliphatic heterocycles. The Hall–Kier alpha value is -5.82. The molecule has 0 aliphatic carbocycles. The van der Waals surface area contributed by atoms with E-state index in [0.29, 0.717) is 0 Å². The molecule has 0 saturated heterocycles. The first-order valence-corrected chi connectivity index (χ1v) is 17.7. The quantitative estimate of drug-likeness (QED) is 0.0882. The highest BCUT2D eigenvalue weighted by Crippen LogP contribution is 2.43. The minimum absolute atomic E-state index is 0.814. The van der Waals surface area contributed by atoms with Crippen molar-refractivity contribution in [1.82, 2.24) is 0 Å². The second-order valence-electron chi connectivity index (χ2n) is 11.6. The molecule has 0 amide bonds. The van der Waals surface area contributed by atoms with Crippen molar-refractivity contribution in [3.63, 3.8) is 0 Å². The van der Waals surface area contributed by atoms with E-state index in [1.165, 1.54) is 0 Å². The monoisotopic (exact) mass is 635 g/mol. The van der Waals surface area contributed by atoms with Crippen LogP contribution in [0.25, 0.3) is 28.0 Å². The van der Waals surface area contributed by atoms with E-state index >= 15 is 4.57 Å². The molecule has 0 saturated carbocycles. The molecule has 0 bridgehead atoms. The highest BCUT2D eigenvalue weighted by Gasteiger charge is 2.29. The van der Waals surface area contributed by atoms with Crippen molar-refractivity contribution in [3.8, 4) is 11.1 Å². The van der Waals surface area contributed by atoms with Crippen molar-refractivity contribution in [2.24, 2.45) is 4.99 Å². The maximum atomic E-state index is 15.1. The summed E-state index contributed by atoms with van der Waals surface area (Å²) in [7, 11) is -3.11. The van der Waals surface area contributed by atoms with Gasteiger partial charge in [-0.15, -0.1) is 0 Å². The third-order valence-electron chi connectivity index (χ3n) is 8.54. The molecule has 48 heavy (non-hydrogen) atoms. The first-order chi connectivity index (χ1) is 23.6. The summed E-state index contributed by atoms with van der Waals surface area (Å²) in [6, 6.07) is 59.3. The summed E-state index contributed by atoms with van der Waals surface area (Å²) in [5, 5.41) is 4.69. The Bertz CT molecular complexity index is 2280. The van der Waals surface area contributed by atoms with Crippen LogP contribution in [0.5, 0.6) is 0 Å². The van der Waals surface area contributed by atoms with Gasteiger partial charge in [-0.2, -0.15) is 0 Å². The summed E-state index contributed by atoms with van der Waals surface area (Å²) in [5.74, 6) is 0. The van der Waals surface area contributed by atoms with Gasteiger partial charge in [0.25, 0.3) is 0 Å². The average Bonchev–Trinajstić information content (AvgIpc) is 3.16. The van der Waals surface area contributed by atoms with Crippen molar-refractivity contribution >= 4 is 51.3 Å². The molecule has 0 atom stereocenters. The molecule has 2 nitrogen and oxygen atoms in total. The van der Waals surface area contributed by atoms with E-state index in [-0.39, 0.29) is 0 Å². The molecule has 0 spiro atoms. The van der Waals surface area contributed by atoms with Gasteiger partial charge in [0.05, 0.1) is 11.4 Å². The Morgan fingerprint density at radius 3 is 1.90 bits per heavy atom. The molecule has 7 aromatic carbocycles. The van der Waals surface area contributed by atoms with Gasteiger partial charge in [0.2, 0.25) is 0 Å². The number of allylic oxidation sites excluding steroid dienone is 2. The minimum atomic E-state index is -3.11. The molecule has 0 radical (unpaired) electrons. The minimum Gasteiger partial charge on any atom is -0.309 e. The SMILES string of the molecule is C=C/C=C\c1ccccc1N=C(c1ccccc1)c1ccc2c(-c3cccc(P(=O)(c4ccccc4)c4ccccc4)c3)cccc2c1. The summed E-state index contributed by atoms with van der Waals surface area (Å²) in [6.07, 6.45) is 5.74. The lowest BCUT2D eigenvalue weighted by atomic mass is 9.94. The normalized spacial score (nSPS) is 12.0. The molecular formula is C45H34NOP. The first kappa shape index (κ1) is 30.8. The van der Waals surface area contributed by atoms with Gasteiger partial charge in [0.15, 0.2) is 7.14 Å². The topological polar surface area (TPSA) is 29.4 Å². The van der Waals surface area contributed by atoms with Crippen LogP contribution in [0.1, 0.15) is 16.7 Å². The fourth-order valence-corrected chi connectivity index (χ4v) is 8.88. The lowest BCUT2D eigenvalue weighted by Gasteiger charge is -2.21. The highest BCUT2D eigenvalue weighted by atomic mass is 31.2. The van der Waals surface area contributed by atoms with Crippen LogP contribution in [0.15, 0.2) is 200 Å². The maximum Gasteiger partial charge on any atom is 0.171 e. The molecule has 3 heteroatoms. The summed E-state index contributed by atoms with van der Waals surface area (Å²) in [4.78, 5) is 5.24. The molecule has 0 unspecified atom stereocenters. The fraction of sp³-hybridized carbons (Fsp3) is 0. The van der Waals surface area contributed by atoms with Crippen LogP contribution in [-0.4, -0.2) is 5.71 Å². The van der Waals surface area contributed by atoms with E-state index < -0.39 is 7.14 Å². The second kappa shape index (κ2) is 13.9. The van der Waals surface area contributed by atoms with Crippen molar-refractivity contribution in [2.75, 3.05) is 0 Å². The first-order valence-electron chi connectivity index (χ1n) is 16.0. The van der Waals surface area contributed by atoms with Gasteiger partial charge in [-0.3, -0.25) is 0 Å². The van der Waals surface area contributed by atoms with Crippen LogP contribution in [0, 0.1) is 0 Å². The number of nitrogens with zero attached hydrogens (tertiary/aromatic N) is 1. The summed E-state index contributed by atoms with van der Waals surface area (Å²) >= 11 is 0. The van der Waals surface area contributed by atoms with Crippen LogP contribution < -0.4 is 15.9 Å². The lowest BCUT2D eigenvalue weighted by Crippen LogP contribution is -2.25. The zero-order valence-electron chi connectivity index (χ0n) is 26.5. The predicted molar refractivity (Wildman–Crippen MR) is 206 cm³/mol. The Morgan fingerprint density at radius 1 is 0.562 bits per heavy atom. The van der Waals surface area contributed by atoms with Gasteiger partial charge in [-0.1, -0.05) is 183 Å². The molecule has 7 rings (SSSR count). The lowest BCUT2D eigenvalue weighted by molar-refractivity contribution is 0.592. The van der Waals surface area contributed by atoms with Crippen LogP contribution in [0.3, 0.4) is 0 Å². The smallest absolute Gasteiger partial charge is 0.171 e. The van der Waals surface area contributed by atoms with Crippen LogP contribution in [0.2, 0.25) is 0 Å². The molecule has 0 aliphatic rings. The average molecular weight is 636 g/mol. The zero-order valence-corrected chi connectivity index (χ0v) is 27.4. The molecule has 0 heterocycles. The second-order valence-corrected chi connectivity index (χ2v) is 14.3. The summed E-state index contributed by atoms with van der Waals surface area (Å²) < 4.78 is 15.1. The fourth-order valence-electron chi connectivity index (χ4n) is 6.19. The number of benzene rings is 7. The van der Waals surface area contributed by atoms with E-state index in [9.17, 15) is 0 Å². The highest BCUT2D eigenvalue weighted by molar-refractivity contribution is 7.85. The molecule has 0 N–H and O–H groups in total. The van der Waals surface area contributed by atoms with E-state index in [1.807, 2.05) is 121 Å². The van der Waals surface area contributed by atoms with E-state index in [0.717, 1.165) is 65.9 Å². The van der Waals surface area contributed by atoms with Crippen LogP contribution in [-0.2, 0) is 4.57 Å². The van der Waals surface area contributed by atoms with Crippen LogP contribution in [0.4, 0.5) is 5.69 Å². The Labute approximate surface area is 282 Å². The van der Waals surface area contributed by atoms with Crippen molar-refractivity contribution in [1.29, 1.82) is 0 Å². The summed E-state index contributed by atoms with van der Waals surface area (Å²) in [5.41, 5.74) is 7.00. The molecule has 0 aromatic heterocycles. The third-order valence-corrected chi connectivity index (χ3v) is 11.6. The Balaban J connectivity index is 1.35. The molecule has 7 aromatic rings. The van der Waals surface area contributed by atoms with E-state index in [1.54, 1.807) is 6.08 Å². The van der Waals surface area contributed by atoms with Gasteiger partial charge in [0, 0.05) is 32.6 Å². The van der Waals surface area contributed by atoms with Gasteiger partial charge in [0.1, 0.15) is 0 Å².